The molecule has 5 heteroatoms. The maximum absolute atomic E-state index is 12.1. The number of esters is 1. The number of methoxy groups -OCH3 is 1. The molecule has 0 aromatic heterocycles. The van der Waals surface area contributed by atoms with Crippen LogP contribution in [0, 0.1) is 6.92 Å². The average molecular weight is 327 g/mol. The summed E-state index contributed by atoms with van der Waals surface area (Å²) in [5.41, 5.74) is 2.57. The second-order valence-corrected chi connectivity index (χ2v) is 5.48. The summed E-state index contributed by atoms with van der Waals surface area (Å²) in [5, 5.41) is 2.83. The average Bonchev–Trinajstić information content (AvgIpc) is 2.60. The molecule has 0 aliphatic carbocycles. The number of rotatable bonds is 6. The van der Waals surface area contributed by atoms with Crippen LogP contribution < -0.4 is 10.1 Å². The molecule has 0 unspecified atom stereocenters. The molecule has 0 aliphatic rings. The molecule has 1 N–H and O–H groups in total. The summed E-state index contributed by atoms with van der Waals surface area (Å²) in [7, 11) is 1.32. The lowest BCUT2D eigenvalue weighted by atomic mass is 10.1. The Morgan fingerprint density at radius 2 is 1.83 bits per heavy atom. The van der Waals surface area contributed by atoms with Gasteiger partial charge in [-0.05, 0) is 37.6 Å². The molecule has 0 saturated carbocycles. The van der Waals surface area contributed by atoms with E-state index in [4.69, 9.17) is 4.74 Å². The fourth-order valence-electron chi connectivity index (χ4n) is 2.11. The van der Waals surface area contributed by atoms with Gasteiger partial charge in [-0.3, -0.25) is 4.79 Å². The third-order valence-electron chi connectivity index (χ3n) is 3.52. The highest BCUT2D eigenvalue weighted by Crippen LogP contribution is 2.15. The summed E-state index contributed by atoms with van der Waals surface area (Å²) in [6.45, 7) is 4.12. The minimum absolute atomic E-state index is 0.223. The van der Waals surface area contributed by atoms with Crippen LogP contribution in [0.4, 0.5) is 0 Å². The van der Waals surface area contributed by atoms with Crippen molar-refractivity contribution in [2.24, 2.45) is 0 Å². The normalized spacial score (nSPS) is 11.5. The third kappa shape index (κ3) is 4.84. The number of carbonyl (C=O) groups excluding carboxylic acids is 2. The summed E-state index contributed by atoms with van der Waals surface area (Å²) in [6, 6.07) is 14.5. The van der Waals surface area contributed by atoms with E-state index in [2.05, 4.69) is 10.1 Å². The molecule has 0 heterocycles. The lowest BCUT2D eigenvalue weighted by Crippen LogP contribution is -2.35. The van der Waals surface area contributed by atoms with Crippen molar-refractivity contribution in [1.82, 2.24) is 5.32 Å². The fraction of sp³-hybridized carbons (Fsp3) is 0.263. The molecule has 0 bridgehead atoms. The highest BCUT2D eigenvalue weighted by atomic mass is 16.5. The lowest BCUT2D eigenvalue weighted by molar-refractivity contribution is -0.127. The van der Waals surface area contributed by atoms with Crippen LogP contribution in [-0.4, -0.2) is 25.1 Å². The van der Waals surface area contributed by atoms with Crippen molar-refractivity contribution in [2.45, 2.75) is 26.5 Å². The predicted molar refractivity (Wildman–Crippen MR) is 90.9 cm³/mol. The molecular formula is C19H21NO4. The first kappa shape index (κ1) is 17.5. The van der Waals surface area contributed by atoms with Crippen LogP contribution in [0.15, 0.2) is 48.5 Å². The summed E-state index contributed by atoms with van der Waals surface area (Å²) < 4.78 is 10.3. The van der Waals surface area contributed by atoms with Crippen molar-refractivity contribution in [3.05, 3.63) is 65.2 Å². The van der Waals surface area contributed by atoms with Crippen molar-refractivity contribution < 1.29 is 19.1 Å². The zero-order valence-electron chi connectivity index (χ0n) is 14.0. The summed E-state index contributed by atoms with van der Waals surface area (Å²) in [5.74, 6) is -0.230. The Morgan fingerprint density at radius 1 is 1.12 bits per heavy atom. The molecule has 1 atom stereocenters. The minimum Gasteiger partial charge on any atom is -0.481 e. The van der Waals surface area contributed by atoms with Gasteiger partial charge in [0, 0.05) is 6.54 Å². The standard InChI is InChI=1S/C19H21NO4/c1-13-7-9-15(10-8-13)12-20-18(21)14(2)24-17-6-4-5-16(11-17)19(22)23-3/h4-11,14H,12H2,1-3H3,(H,20,21)/t14-/m0/s1. The van der Waals surface area contributed by atoms with E-state index >= 15 is 0 Å². The van der Waals surface area contributed by atoms with E-state index < -0.39 is 12.1 Å². The van der Waals surface area contributed by atoms with Crippen LogP contribution in [0.5, 0.6) is 5.75 Å². The van der Waals surface area contributed by atoms with E-state index in [0.717, 1.165) is 5.56 Å². The maximum Gasteiger partial charge on any atom is 0.337 e. The largest absolute Gasteiger partial charge is 0.481 e. The molecule has 24 heavy (non-hydrogen) atoms. The summed E-state index contributed by atoms with van der Waals surface area (Å²) in [4.78, 5) is 23.6. The first-order chi connectivity index (χ1) is 11.5. The number of carbonyl (C=O) groups is 2. The Morgan fingerprint density at radius 3 is 2.50 bits per heavy atom. The highest BCUT2D eigenvalue weighted by molar-refractivity contribution is 5.89. The number of hydrogen-bond donors (Lipinski definition) is 1. The first-order valence-corrected chi connectivity index (χ1v) is 7.68. The fourth-order valence-corrected chi connectivity index (χ4v) is 2.11. The van der Waals surface area contributed by atoms with Crippen molar-refractivity contribution in [3.8, 4) is 5.75 Å². The zero-order chi connectivity index (χ0) is 17.5. The van der Waals surface area contributed by atoms with E-state index in [1.165, 1.54) is 12.7 Å². The van der Waals surface area contributed by atoms with E-state index in [-0.39, 0.29) is 5.91 Å². The molecular weight excluding hydrogens is 306 g/mol. The van der Waals surface area contributed by atoms with Gasteiger partial charge < -0.3 is 14.8 Å². The molecule has 0 fully saturated rings. The topological polar surface area (TPSA) is 64.6 Å². The maximum atomic E-state index is 12.1. The SMILES string of the molecule is COC(=O)c1cccc(O[C@@H](C)C(=O)NCc2ccc(C)cc2)c1. The Bertz CT molecular complexity index is 710. The minimum atomic E-state index is -0.677. The molecule has 126 valence electrons. The number of amides is 1. The van der Waals surface area contributed by atoms with Gasteiger partial charge in [-0.15, -0.1) is 0 Å². The molecule has 2 rings (SSSR count). The Kier molecular flexibility index (Phi) is 5.95. The van der Waals surface area contributed by atoms with Gasteiger partial charge in [-0.2, -0.15) is 0 Å². The Labute approximate surface area is 141 Å². The van der Waals surface area contributed by atoms with Gasteiger partial charge in [-0.25, -0.2) is 4.79 Å². The number of ether oxygens (including phenoxy) is 2. The van der Waals surface area contributed by atoms with Crippen LogP contribution in [0.2, 0.25) is 0 Å². The second-order valence-electron chi connectivity index (χ2n) is 5.48. The summed E-state index contributed by atoms with van der Waals surface area (Å²) >= 11 is 0. The molecule has 0 radical (unpaired) electrons. The number of nitrogens with one attached hydrogen (secondary N) is 1. The van der Waals surface area contributed by atoms with Crippen LogP contribution in [-0.2, 0) is 16.1 Å². The number of benzene rings is 2. The van der Waals surface area contributed by atoms with E-state index in [9.17, 15) is 9.59 Å². The molecule has 0 spiro atoms. The lowest BCUT2D eigenvalue weighted by Gasteiger charge is -2.15. The smallest absolute Gasteiger partial charge is 0.337 e. The van der Waals surface area contributed by atoms with Crippen molar-refractivity contribution in [2.75, 3.05) is 7.11 Å². The molecule has 1 amide bonds. The molecule has 2 aromatic carbocycles. The molecule has 0 aliphatic heterocycles. The molecule has 0 saturated heterocycles. The van der Waals surface area contributed by atoms with Crippen LogP contribution >= 0.6 is 0 Å². The van der Waals surface area contributed by atoms with Gasteiger partial charge in [0.2, 0.25) is 0 Å². The predicted octanol–water partition coefficient (Wildman–Crippen LogP) is 2.87. The van der Waals surface area contributed by atoms with Crippen LogP contribution in [0.1, 0.15) is 28.4 Å². The van der Waals surface area contributed by atoms with Gasteiger partial charge in [0.15, 0.2) is 6.10 Å². The molecule has 2 aromatic rings. The molecule has 5 nitrogen and oxygen atoms in total. The van der Waals surface area contributed by atoms with Crippen LogP contribution in [0.3, 0.4) is 0 Å². The Hall–Kier alpha value is -2.82. The first-order valence-electron chi connectivity index (χ1n) is 7.68. The van der Waals surface area contributed by atoms with Gasteiger partial charge >= 0.3 is 5.97 Å². The quantitative estimate of drug-likeness (QED) is 0.829. The van der Waals surface area contributed by atoms with Crippen molar-refractivity contribution in [1.29, 1.82) is 0 Å². The summed E-state index contributed by atoms with van der Waals surface area (Å²) in [6.07, 6.45) is -0.677. The highest BCUT2D eigenvalue weighted by Gasteiger charge is 2.15. The van der Waals surface area contributed by atoms with Gasteiger partial charge in [0.05, 0.1) is 12.7 Å². The van der Waals surface area contributed by atoms with Gasteiger partial charge in [0.1, 0.15) is 5.75 Å². The van der Waals surface area contributed by atoms with E-state index in [1.54, 1.807) is 31.2 Å². The van der Waals surface area contributed by atoms with Gasteiger partial charge in [-0.1, -0.05) is 35.9 Å². The Balaban J connectivity index is 1.91. The van der Waals surface area contributed by atoms with Crippen molar-refractivity contribution >= 4 is 11.9 Å². The third-order valence-corrected chi connectivity index (χ3v) is 3.52. The van der Waals surface area contributed by atoms with Gasteiger partial charge in [0.25, 0.3) is 5.91 Å². The van der Waals surface area contributed by atoms with E-state index in [0.29, 0.717) is 17.9 Å². The monoisotopic (exact) mass is 327 g/mol. The van der Waals surface area contributed by atoms with Crippen molar-refractivity contribution in [3.63, 3.8) is 0 Å². The van der Waals surface area contributed by atoms with Crippen LogP contribution in [0.25, 0.3) is 0 Å². The zero-order valence-corrected chi connectivity index (χ0v) is 14.0. The number of aryl methyl sites for hydroxylation is 1. The number of hydrogen-bond acceptors (Lipinski definition) is 4. The second kappa shape index (κ2) is 8.15. The van der Waals surface area contributed by atoms with E-state index in [1.807, 2.05) is 31.2 Å².